The molecular weight excluding hydrogens is 372 g/mol. The van der Waals surface area contributed by atoms with Crippen LogP contribution < -0.4 is 5.56 Å². The first kappa shape index (κ1) is 19.2. The van der Waals surface area contributed by atoms with E-state index in [4.69, 9.17) is 0 Å². The lowest BCUT2D eigenvalue weighted by molar-refractivity contribution is 0.0757. The second-order valence-corrected chi connectivity index (χ2v) is 8.35. The molecule has 27 heavy (non-hydrogen) atoms. The van der Waals surface area contributed by atoms with E-state index in [1.807, 2.05) is 0 Å². The summed E-state index contributed by atoms with van der Waals surface area (Å²) in [7, 11) is -1.99. The van der Waals surface area contributed by atoms with Gasteiger partial charge in [0.05, 0.1) is 11.4 Å². The molecule has 1 aliphatic rings. The molecule has 0 atom stereocenters. The summed E-state index contributed by atoms with van der Waals surface area (Å²) in [6.45, 7) is 4.57. The number of nitrogens with one attached hydrogen (secondary N) is 1. The van der Waals surface area contributed by atoms with Crippen molar-refractivity contribution in [1.82, 2.24) is 29.2 Å². The maximum atomic E-state index is 13.1. The minimum Gasteiger partial charge on any atom is -0.336 e. The molecule has 3 rings (SSSR count). The van der Waals surface area contributed by atoms with Gasteiger partial charge in [0.2, 0.25) is 10.0 Å². The lowest BCUT2D eigenvalue weighted by atomic mass is 10.3. The normalized spacial score (nSPS) is 16.3. The van der Waals surface area contributed by atoms with Gasteiger partial charge in [-0.2, -0.15) is 14.5 Å². The molecule has 1 amide bonds. The van der Waals surface area contributed by atoms with Gasteiger partial charge in [0.1, 0.15) is 10.6 Å². The van der Waals surface area contributed by atoms with Gasteiger partial charge in [-0.3, -0.25) is 14.3 Å². The van der Waals surface area contributed by atoms with Crippen LogP contribution in [0, 0.1) is 13.8 Å². The van der Waals surface area contributed by atoms with E-state index >= 15 is 0 Å². The number of aromatic nitrogens is 4. The molecule has 0 spiro atoms. The van der Waals surface area contributed by atoms with Gasteiger partial charge in [0.25, 0.3) is 11.5 Å². The lowest BCUT2D eigenvalue weighted by Crippen LogP contribution is -2.38. The predicted molar refractivity (Wildman–Crippen MR) is 96.8 cm³/mol. The van der Waals surface area contributed by atoms with Crippen molar-refractivity contribution >= 4 is 15.9 Å². The molecule has 0 unspecified atom stereocenters. The van der Waals surface area contributed by atoms with Crippen LogP contribution in [-0.2, 0) is 17.1 Å². The Labute approximate surface area is 156 Å². The van der Waals surface area contributed by atoms with Crippen LogP contribution in [0.3, 0.4) is 0 Å². The molecule has 1 N–H and O–H groups in total. The van der Waals surface area contributed by atoms with Crippen molar-refractivity contribution in [2.45, 2.75) is 25.2 Å². The van der Waals surface area contributed by atoms with Crippen molar-refractivity contribution in [2.75, 3.05) is 26.2 Å². The number of nitrogens with zero attached hydrogens (tertiary/aromatic N) is 5. The Bertz CT molecular complexity index is 1010. The van der Waals surface area contributed by atoms with E-state index in [2.05, 4.69) is 15.3 Å². The summed E-state index contributed by atoms with van der Waals surface area (Å²) < 4.78 is 29.1. The van der Waals surface area contributed by atoms with E-state index in [-0.39, 0.29) is 35.1 Å². The Balaban J connectivity index is 1.79. The highest BCUT2D eigenvalue weighted by Gasteiger charge is 2.32. The van der Waals surface area contributed by atoms with Crippen molar-refractivity contribution in [3.8, 4) is 0 Å². The van der Waals surface area contributed by atoms with Crippen LogP contribution in [-0.4, -0.2) is 69.7 Å². The Morgan fingerprint density at radius 3 is 2.48 bits per heavy atom. The molecule has 1 fully saturated rings. The SMILES string of the molecule is Cc1nn(C)c(C)c1S(=O)(=O)N1CCCN(C(=O)c2ccc(=O)[nH]n2)CC1. The van der Waals surface area contributed by atoms with Crippen LogP contribution in [0.15, 0.2) is 21.8 Å². The van der Waals surface area contributed by atoms with Gasteiger partial charge in [-0.05, 0) is 26.3 Å². The maximum absolute atomic E-state index is 13.1. The predicted octanol–water partition coefficient (Wildman–Crippen LogP) is -0.343. The van der Waals surface area contributed by atoms with Crippen molar-refractivity contribution < 1.29 is 13.2 Å². The first-order chi connectivity index (χ1) is 12.7. The van der Waals surface area contributed by atoms with E-state index in [1.54, 1.807) is 30.5 Å². The number of carbonyl (C=O) groups is 1. The molecule has 0 radical (unpaired) electrons. The minimum atomic E-state index is -3.70. The van der Waals surface area contributed by atoms with Crippen molar-refractivity contribution in [2.24, 2.45) is 7.05 Å². The van der Waals surface area contributed by atoms with E-state index in [9.17, 15) is 18.0 Å². The molecule has 146 valence electrons. The van der Waals surface area contributed by atoms with Gasteiger partial charge >= 0.3 is 0 Å². The highest BCUT2D eigenvalue weighted by Crippen LogP contribution is 2.24. The fourth-order valence-electron chi connectivity index (χ4n) is 3.22. The topological polar surface area (TPSA) is 121 Å². The summed E-state index contributed by atoms with van der Waals surface area (Å²) >= 11 is 0. The summed E-state index contributed by atoms with van der Waals surface area (Å²) in [5.41, 5.74) is 0.790. The zero-order valence-electron chi connectivity index (χ0n) is 15.5. The summed E-state index contributed by atoms with van der Waals surface area (Å²) in [6, 6.07) is 2.60. The largest absolute Gasteiger partial charge is 0.336 e. The Kier molecular flexibility index (Phi) is 5.16. The summed E-state index contributed by atoms with van der Waals surface area (Å²) in [5, 5.41) is 10.2. The number of aromatic amines is 1. The summed E-state index contributed by atoms with van der Waals surface area (Å²) in [5.74, 6) is -0.334. The lowest BCUT2D eigenvalue weighted by Gasteiger charge is -2.21. The van der Waals surface area contributed by atoms with Gasteiger partial charge in [-0.25, -0.2) is 13.5 Å². The monoisotopic (exact) mass is 394 g/mol. The minimum absolute atomic E-state index is 0.129. The fourth-order valence-corrected chi connectivity index (χ4v) is 5.09. The molecule has 1 saturated heterocycles. The summed E-state index contributed by atoms with van der Waals surface area (Å²) in [4.78, 5) is 25.4. The van der Waals surface area contributed by atoms with Gasteiger partial charge in [0.15, 0.2) is 0 Å². The number of hydrogen-bond donors (Lipinski definition) is 1. The van der Waals surface area contributed by atoms with Gasteiger partial charge < -0.3 is 4.90 Å². The number of H-pyrrole nitrogens is 1. The fraction of sp³-hybridized carbons (Fsp3) is 0.500. The van der Waals surface area contributed by atoms with E-state index < -0.39 is 10.0 Å². The third-order valence-corrected chi connectivity index (χ3v) is 6.83. The average molecular weight is 394 g/mol. The van der Waals surface area contributed by atoms with Crippen molar-refractivity contribution in [3.63, 3.8) is 0 Å². The van der Waals surface area contributed by atoms with E-state index in [1.165, 1.54) is 16.4 Å². The first-order valence-electron chi connectivity index (χ1n) is 8.57. The molecule has 0 saturated carbocycles. The van der Waals surface area contributed by atoms with Crippen molar-refractivity contribution in [1.29, 1.82) is 0 Å². The van der Waals surface area contributed by atoms with Gasteiger partial charge in [0, 0.05) is 39.3 Å². The zero-order chi connectivity index (χ0) is 19.8. The van der Waals surface area contributed by atoms with Crippen LogP contribution in [0.25, 0.3) is 0 Å². The highest BCUT2D eigenvalue weighted by molar-refractivity contribution is 7.89. The molecular formula is C16H22N6O4S. The van der Waals surface area contributed by atoms with E-state index in [0.717, 1.165) is 0 Å². The smallest absolute Gasteiger partial charge is 0.274 e. The number of hydrogen-bond acceptors (Lipinski definition) is 6. The summed E-state index contributed by atoms with van der Waals surface area (Å²) in [6.07, 6.45) is 0.507. The molecule has 3 heterocycles. The van der Waals surface area contributed by atoms with Crippen LogP contribution >= 0.6 is 0 Å². The molecule has 0 aromatic carbocycles. The molecule has 1 aliphatic heterocycles. The Hall–Kier alpha value is -2.53. The average Bonchev–Trinajstić information content (AvgIpc) is 2.81. The molecule has 2 aromatic heterocycles. The maximum Gasteiger partial charge on any atom is 0.274 e. The third kappa shape index (κ3) is 3.65. The second-order valence-electron chi connectivity index (χ2n) is 6.48. The molecule has 10 nitrogen and oxygen atoms in total. The second kappa shape index (κ2) is 7.24. The molecule has 0 bridgehead atoms. The van der Waals surface area contributed by atoms with Gasteiger partial charge in [-0.15, -0.1) is 0 Å². The quantitative estimate of drug-likeness (QED) is 0.760. The Morgan fingerprint density at radius 2 is 1.89 bits per heavy atom. The number of carbonyl (C=O) groups excluding carboxylic acids is 1. The highest BCUT2D eigenvalue weighted by atomic mass is 32.2. The number of aryl methyl sites for hydroxylation is 2. The number of sulfonamides is 1. The van der Waals surface area contributed by atoms with Crippen LogP contribution in [0.2, 0.25) is 0 Å². The Morgan fingerprint density at radius 1 is 1.15 bits per heavy atom. The number of rotatable bonds is 3. The van der Waals surface area contributed by atoms with Crippen LogP contribution in [0.4, 0.5) is 0 Å². The third-order valence-electron chi connectivity index (χ3n) is 4.68. The zero-order valence-corrected chi connectivity index (χ0v) is 16.3. The molecule has 0 aliphatic carbocycles. The van der Waals surface area contributed by atoms with Crippen molar-refractivity contribution in [3.05, 3.63) is 39.6 Å². The van der Waals surface area contributed by atoms with Crippen LogP contribution in [0.5, 0.6) is 0 Å². The standard InChI is InChI=1S/C16H22N6O4S/c1-11-15(12(2)20(3)19-11)27(25,26)22-8-4-7-21(9-10-22)16(24)13-5-6-14(23)18-17-13/h5-6H,4,7-10H2,1-3H3,(H,18,23). The van der Waals surface area contributed by atoms with Crippen LogP contribution in [0.1, 0.15) is 28.3 Å². The van der Waals surface area contributed by atoms with E-state index in [0.29, 0.717) is 30.9 Å². The first-order valence-corrected chi connectivity index (χ1v) is 10.0. The van der Waals surface area contributed by atoms with Gasteiger partial charge in [-0.1, -0.05) is 0 Å². The number of amides is 1. The molecule has 11 heteroatoms. The molecule has 2 aromatic rings.